The number of benzene rings is 1. The number of aliphatic carboxylic acids is 2. The summed E-state index contributed by atoms with van der Waals surface area (Å²) >= 11 is 0. The van der Waals surface area contributed by atoms with Crippen molar-refractivity contribution >= 4 is 42.9 Å². The molecule has 15 heteroatoms. The van der Waals surface area contributed by atoms with Crippen LogP contribution in [0.3, 0.4) is 0 Å². The Labute approximate surface area is 230 Å². The van der Waals surface area contributed by atoms with E-state index in [2.05, 4.69) is 5.32 Å². The van der Waals surface area contributed by atoms with Crippen LogP contribution in [0, 0.1) is 5.92 Å². The topological polar surface area (TPSA) is 212 Å². The Balaban J connectivity index is 2.28. The van der Waals surface area contributed by atoms with Crippen LogP contribution in [0.5, 0.6) is 5.75 Å². The summed E-state index contributed by atoms with van der Waals surface area (Å²) in [4.78, 5) is 72.4. The minimum absolute atomic E-state index is 0.0235. The minimum Gasteiger partial charge on any atom is -0.508 e. The number of esters is 2. The number of hydrogen-bond donors (Lipinski definition) is 4. The molecular formula is C25H32BNO13. The van der Waals surface area contributed by atoms with Gasteiger partial charge in [0.15, 0.2) is 5.60 Å². The van der Waals surface area contributed by atoms with Gasteiger partial charge in [0.1, 0.15) is 11.3 Å². The van der Waals surface area contributed by atoms with E-state index in [1.165, 1.54) is 25.1 Å². The molecule has 0 aliphatic carbocycles. The van der Waals surface area contributed by atoms with Gasteiger partial charge in [-0.1, -0.05) is 32.9 Å². The highest BCUT2D eigenvalue weighted by Crippen LogP contribution is 2.31. The fourth-order valence-corrected chi connectivity index (χ4v) is 4.05. The van der Waals surface area contributed by atoms with Gasteiger partial charge in [-0.3, -0.25) is 19.2 Å². The predicted octanol–water partition coefficient (Wildman–Crippen LogP) is 1.21. The Hall–Kier alpha value is -4.14. The van der Waals surface area contributed by atoms with Crippen molar-refractivity contribution in [3.63, 3.8) is 0 Å². The van der Waals surface area contributed by atoms with Gasteiger partial charge in [0.05, 0.1) is 24.7 Å². The van der Waals surface area contributed by atoms with E-state index in [0.717, 1.165) is 0 Å². The number of rotatable bonds is 14. The standard InChI is InChI=1S/C25H32BNO13/c1-4-14(5-2)22(33)37-13-38-23(34)16-9-7-8-15(21(16)32)10-17(27-18(28)6-3)26-39-20(31)12-25(40-26,24(35)36)11-19(29)30/h7-9,14,17,32H,4-6,10-13H2,1-3H3,(H,27,28)(H,29,30)(H,35,36)/t17-,25-/m0/s1. The zero-order valence-electron chi connectivity index (χ0n) is 22.3. The summed E-state index contributed by atoms with van der Waals surface area (Å²) in [6.45, 7) is 4.47. The SMILES string of the molecule is CCC(=O)N[C@@H](Cc1cccc(C(=O)OCOC(=O)C(CC)CC)c1O)B1OC(=O)C[C@@](CC(=O)O)(C(=O)O)O1. The van der Waals surface area contributed by atoms with Crippen molar-refractivity contribution in [1.82, 2.24) is 5.32 Å². The maximum atomic E-state index is 12.6. The lowest BCUT2D eigenvalue weighted by Gasteiger charge is -2.37. The first-order valence-electron chi connectivity index (χ1n) is 12.6. The smallest absolute Gasteiger partial charge is 0.508 e. The van der Waals surface area contributed by atoms with Gasteiger partial charge in [-0.15, -0.1) is 0 Å². The number of carboxylic acid groups (broad SMARTS) is 2. The first-order chi connectivity index (χ1) is 18.9. The highest BCUT2D eigenvalue weighted by molar-refractivity contribution is 6.50. The molecule has 1 amide bonds. The highest BCUT2D eigenvalue weighted by Gasteiger charge is 2.54. The molecule has 0 saturated carbocycles. The summed E-state index contributed by atoms with van der Waals surface area (Å²) in [5.41, 5.74) is -2.71. The summed E-state index contributed by atoms with van der Waals surface area (Å²) in [6, 6.07) is 4.01. The van der Waals surface area contributed by atoms with Gasteiger partial charge in [-0.05, 0) is 30.9 Å². The maximum Gasteiger partial charge on any atom is 0.552 e. The van der Waals surface area contributed by atoms with Crippen molar-refractivity contribution < 1.29 is 62.9 Å². The first-order valence-corrected chi connectivity index (χ1v) is 12.6. The number of phenolic OH excluding ortho intramolecular Hbond substituents is 1. The molecule has 1 aromatic rings. The molecule has 1 aliphatic heterocycles. The van der Waals surface area contributed by atoms with E-state index in [4.69, 9.17) is 18.8 Å². The van der Waals surface area contributed by atoms with Crippen molar-refractivity contribution in [3.8, 4) is 5.75 Å². The van der Waals surface area contributed by atoms with Gasteiger partial charge in [0.25, 0.3) is 5.97 Å². The lowest BCUT2D eigenvalue weighted by Crippen LogP contribution is -2.61. The Bertz CT molecular complexity index is 1130. The Morgan fingerprint density at radius 3 is 2.35 bits per heavy atom. The molecule has 40 heavy (non-hydrogen) atoms. The number of carbonyl (C=O) groups is 6. The molecule has 0 spiro atoms. The van der Waals surface area contributed by atoms with E-state index in [0.29, 0.717) is 12.8 Å². The fourth-order valence-electron chi connectivity index (χ4n) is 4.05. The van der Waals surface area contributed by atoms with Crippen LogP contribution >= 0.6 is 0 Å². The third-order valence-corrected chi connectivity index (χ3v) is 6.33. The summed E-state index contributed by atoms with van der Waals surface area (Å²) < 4.78 is 20.5. The highest BCUT2D eigenvalue weighted by atomic mass is 16.7. The number of hydrogen-bond acceptors (Lipinski definition) is 11. The van der Waals surface area contributed by atoms with Crippen molar-refractivity contribution in [3.05, 3.63) is 29.3 Å². The van der Waals surface area contributed by atoms with E-state index in [1.54, 1.807) is 0 Å². The fraction of sp³-hybridized carbons (Fsp3) is 0.520. The van der Waals surface area contributed by atoms with Gasteiger partial charge in [0, 0.05) is 6.42 Å². The quantitative estimate of drug-likeness (QED) is 0.142. The largest absolute Gasteiger partial charge is 0.552 e. The Kier molecular flexibility index (Phi) is 11.5. The number of nitrogens with one attached hydrogen (secondary N) is 1. The lowest BCUT2D eigenvalue weighted by molar-refractivity contribution is -0.175. The molecule has 1 aromatic carbocycles. The summed E-state index contributed by atoms with van der Waals surface area (Å²) in [5, 5.41) is 32.2. The van der Waals surface area contributed by atoms with Gasteiger partial charge in [0.2, 0.25) is 12.7 Å². The molecule has 14 nitrogen and oxygen atoms in total. The molecule has 1 heterocycles. The summed E-state index contributed by atoms with van der Waals surface area (Å²) in [6.07, 6.45) is -1.20. The molecule has 0 aromatic heterocycles. The molecule has 1 saturated heterocycles. The first kappa shape index (κ1) is 32.1. The molecular weight excluding hydrogens is 533 g/mol. The average Bonchev–Trinajstić information content (AvgIpc) is 2.89. The van der Waals surface area contributed by atoms with Crippen LogP contribution in [0.4, 0.5) is 0 Å². The van der Waals surface area contributed by atoms with Crippen LogP contribution in [0.2, 0.25) is 0 Å². The number of amides is 1. The normalized spacial score (nSPS) is 17.5. The molecule has 0 unspecified atom stereocenters. The zero-order valence-corrected chi connectivity index (χ0v) is 22.3. The van der Waals surface area contributed by atoms with E-state index in [1.807, 2.05) is 13.8 Å². The van der Waals surface area contributed by atoms with Crippen LogP contribution in [0.15, 0.2) is 18.2 Å². The summed E-state index contributed by atoms with van der Waals surface area (Å²) in [5.74, 6) is -8.63. The molecule has 1 aliphatic rings. The number of carboxylic acids is 2. The van der Waals surface area contributed by atoms with Crippen LogP contribution < -0.4 is 5.32 Å². The van der Waals surface area contributed by atoms with Gasteiger partial charge in [-0.25, -0.2) is 9.59 Å². The second-order valence-corrected chi connectivity index (χ2v) is 9.09. The van der Waals surface area contributed by atoms with Crippen molar-refractivity contribution in [2.24, 2.45) is 5.92 Å². The number of ether oxygens (including phenoxy) is 2. The summed E-state index contributed by atoms with van der Waals surface area (Å²) in [7, 11) is -1.74. The molecule has 0 bridgehead atoms. The van der Waals surface area contributed by atoms with Crippen molar-refractivity contribution in [1.29, 1.82) is 0 Å². The second-order valence-electron chi connectivity index (χ2n) is 9.09. The zero-order chi connectivity index (χ0) is 30.0. The van der Waals surface area contributed by atoms with Crippen LogP contribution in [0.25, 0.3) is 0 Å². The Morgan fingerprint density at radius 2 is 1.77 bits per heavy atom. The van der Waals surface area contributed by atoms with E-state index < -0.39 is 79.8 Å². The molecule has 218 valence electrons. The van der Waals surface area contributed by atoms with E-state index in [9.17, 15) is 44.1 Å². The molecule has 4 N–H and O–H groups in total. The number of carbonyl (C=O) groups excluding carboxylic acids is 4. The minimum atomic E-state index is -2.46. The third-order valence-electron chi connectivity index (χ3n) is 6.33. The third kappa shape index (κ3) is 8.18. The van der Waals surface area contributed by atoms with Crippen LogP contribution in [0.1, 0.15) is 68.8 Å². The van der Waals surface area contributed by atoms with E-state index >= 15 is 0 Å². The molecule has 2 atom stereocenters. The second kappa shape index (κ2) is 14.3. The van der Waals surface area contributed by atoms with E-state index in [-0.39, 0.29) is 29.9 Å². The molecule has 1 fully saturated rings. The van der Waals surface area contributed by atoms with Gasteiger partial charge in [-0.2, -0.15) is 0 Å². The number of aromatic hydroxyl groups is 1. The van der Waals surface area contributed by atoms with Crippen molar-refractivity contribution in [2.45, 2.75) is 70.8 Å². The number of phenols is 1. The van der Waals surface area contributed by atoms with Crippen LogP contribution in [-0.4, -0.2) is 76.5 Å². The van der Waals surface area contributed by atoms with Crippen LogP contribution in [-0.2, 0) is 49.2 Å². The number of para-hydroxylation sites is 1. The maximum absolute atomic E-state index is 12.6. The molecule has 2 rings (SSSR count). The van der Waals surface area contributed by atoms with Crippen molar-refractivity contribution in [2.75, 3.05) is 6.79 Å². The molecule has 0 radical (unpaired) electrons. The lowest BCUT2D eigenvalue weighted by atomic mass is 9.71. The van der Waals surface area contributed by atoms with Gasteiger partial charge < -0.3 is 39.4 Å². The Morgan fingerprint density at radius 1 is 1.10 bits per heavy atom. The predicted molar refractivity (Wildman–Crippen MR) is 135 cm³/mol. The van der Waals surface area contributed by atoms with Gasteiger partial charge >= 0.3 is 31.0 Å². The monoisotopic (exact) mass is 565 g/mol. The average molecular weight is 565 g/mol.